The molecule has 0 amide bonds. The predicted molar refractivity (Wildman–Crippen MR) is 38.6 cm³/mol. The Balaban J connectivity index is 3.08. The monoisotopic (exact) mass is 243 g/mol. The topological polar surface area (TPSA) is 30.7 Å². The maximum Gasteiger partial charge on any atom is 0.451 e. The molecular weight excluding hydrogens is 239 g/mol. The zero-order chi connectivity index (χ0) is 9.35. The molecule has 0 fully saturated rings. The first-order chi connectivity index (χ1) is 5.45. The van der Waals surface area contributed by atoms with Crippen LogP contribution < -0.4 is 0 Å². The molecule has 0 aromatic carbocycles. The normalized spacial score (nSPS) is 12.1. The van der Waals surface area contributed by atoms with Crippen LogP contribution in [0.5, 0.6) is 0 Å². The minimum absolute atomic E-state index is 0.129. The highest BCUT2D eigenvalue weighted by Gasteiger charge is 2.36. The molecular formula is C5H5BrF3N3. The van der Waals surface area contributed by atoms with Gasteiger partial charge in [-0.1, -0.05) is 15.9 Å². The van der Waals surface area contributed by atoms with Gasteiger partial charge < -0.3 is 0 Å². The van der Waals surface area contributed by atoms with Crippen molar-refractivity contribution in [3.05, 3.63) is 11.6 Å². The highest BCUT2D eigenvalue weighted by molar-refractivity contribution is 9.08. The number of nitrogens with zero attached hydrogens (tertiary/aromatic N) is 3. The third kappa shape index (κ3) is 1.77. The molecule has 0 aliphatic carbocycles. The quantitative estimate of drug-likeness (QED) is 0.704. The number of aryl methyl sites for hydroxylation is 1. The average Bonchev–Trinajstić information content (AvgIpc) is 2.29. The number of aromatic nitrogens is 3. The molecule has 1 aromatic heterocycles. The number of hydrogen-bond acceptors (Lipinski definition) is 2. The lowest BCUT2D eigenvalue weighted by Crippen LogP contribution is -2.13. The molecule has 1 rings (SSSR count). The van der Waals surface area contributed by atoms with Gasteiger partial charge in [0.1, 0.15) is 0 Å². The van der Waals surface area contributed by atoms with Crippen molar-refractivity contribution in [2.75, 3.05) is 0 Å². The molecule has 0 atom stereocenters. The summed E-state index contributed by atoms with van der Waals surface area (Å²) in [7, 11) is 1.21. The fraction of sp³-hybridized carbons (Fsp3) is 0.600. The Morgan fingerprint density at radius 1 is 1.50 bits per heavy atom. The van der Waals surface area contributed by atoms with Gasteiger partial charge in [-0.3, -0.25) is 0 Å². The van der Waals surface area contributed by atoms with E-state index in [2.05, 4.69) is 26.0 Å². The van der Waals surface area contributed by atoms with E-state index in [4.69, 9.17) is 0 Å². The van der Waals surface area contributed by atoms with Gasteiger partial charge in [0.05, 0.1) is 5.33 Å². The highest BCUT2D eigenvalue weighted by Crippen LogP contribution is 2.27. The Morgan fingerprint density at radius 3 is 2.33 bits per heavy atom. The van der Waals surface area contributed by atoms with E-state index >= 15 is 0 Å². The van der Waals surface area contributed by atoms with Gasteiger partial charge in [-0.25, -0.2) is 9.67 Å². The molecule has 1 heterocycles. The van der Waals surface area contributed by atoms with Crippen LogP contribution in [0.15, 0.2) is 0 Å². The SMILES string of the molecule is Cn1nc(CBr)nc1C(F)(F)F. The fourth-order valence-electron chi connectivity index (χ4n) is 0.741. The first-order valence-electron chi connectivity index (χ1n) is 2.98. The van der Waals surface area contributed by atoms with E-state index in [1.54, 1.807) is 0 Å². The average molecular weight is 244 g/mol. The van der Waals surface area contributed by atoms with E-state index in [0.29, 0.717) is 0 Å². The molecule has 0 unspecified atom stereocenters. The summed E-state index contributed by atoms with van der Waals surface area (Å²) in [5.74, 6) is -0.846. The Labute approximate surface area is 74.7 Å². The molecule has 0 spiro atoms. The van der Waals surface area contributed by atoms with E-state index in [1.807, 2.05) is 0 Å². The first kappa shape index (κ1) is 9.50. The zero-order valence-electron chi connectivity index (χ0n) is 6.06. The predicted octanol–water partition coefficient (Wildman–Crippen LogP) is 1.73. The van der Waals surface area contributed by atoms with Crippen molar-refractivity contribution in [1.29, 1.82) is 0 Å². The van der Waals surface area contributed by atoms with Gasteiger partial charge in [-0.15, -0.1) is 0 Å². The summed E-state index contributed by atoms with van der Waals surface area (Å²) in [6.45, 7) is 0. The van der Waals surface area contributed by atoms with Crippen LogP contribution in [0.4, 0.5) is 13.2 Å². The number of rotatable bonds is 1. The summed E-state index contributed by atoms with van der Waals surface area (Å²) in [4.78, 5) is 3.28. The summed E-state index contributed by atoms with van der Waals surface area (Å²) < 4.78 is 36.9. The van der Waals surface area contributed by atoms with Gasteiger partial charge in [0, 0.05) is 7.05 Å². The second-order valence-electron chi connectivity index (χ2n) is 2.11. The lowest BCUT2D eigenvalue weighted by atomic mass is 10.6. The Bertz CT molecular complexity index is 280. The van der Waals surface area contributed by atoms with Gasteiger partial charge in [0.15, 0.2) is 5.82 Å². The van der Waals surface area contributed by atoms with Gasteiger partial charge in [-0.05, 0) is 0 Å². The van der Waals surface area contributed by atoms with Crippen LogP contribution in [0.2, 0.25) is 0 Å². The van der Waals surface area contributed by atoms with Crippen LogP contribution in [-0.4, -0.2) is 14.8 Å². The third-order valence-electron chi connectivity index (χ3n) is 1.18. The van der Waals surface area contributed by atoms with Crippen molar-refractivity contribution in [2.45, 2.75) is 11.5 Å². The van der Waals surface area contributed by atoms with Crippen molar-refractivity contribution in [3.8, 4) is 0 Å². The number of hydrogen-bond donors (Lipinski definition) is 0. The van der Waals surface area contributed by atoms with E-state index in [1.165, 1.54) is 7.05 Å². The summed E-state index contributed by atoms with van der Waals surface area (Å²) in [6.07, 6.45) is -4.43. The lowest BCUT2D eigenvalue weighted by Gasteiger charge is -2.02. The van der Waals surface area contributed by atoms with E-state index < -0.39 is 12.0 Å². The van der Waals surface area contributed by atoms with E-state index in [9.17, 15) is 13.2 Å². The third-order valence-corrected chi connectivity index (χ3v) is 1.68. The molecule has 0 aliphatic rings. The van der Waals surface area contributed by atoms with Crippen LogP contribution in [0, 0.1) is 0 Å². The van der Waals surface area contributed by atoms with Crippen LogP contribution in [0.3, 0.4) is 0 Å². The van der Waals surface area contributed by atoms with Crippen molar-refractivity contribution >= 4 is 15.9 Å². The van der Waals surface area contributed by atoms with E-state index in [-0.39, 0.29) is 11.2 Å². The van der Waals surface area contributed by atoms with Crippen LogP contribution >= 0.6 is 15.9 Å². The molecule has 3 nitrogen and oxygen atoms in total. The maximum atomic E-state index is 12.1. The number of halogens is 4. The standard InChI is InChI=1S/C5H5BrF3N3/c1-12-4(5(7,8)9)10-3(2-6)11-12/h2H2,1H3. The minimum Gasteiger partial charge on any atom is -0.245 e. The molecule has 0 saturated carbocycles. The molecule has 0 N–H and O–H groups in total. The Hall–Kier alpha value is -0.590. The molecule has 0 saturated heterocycles. The van der Waals surface area contributed by atoms with Crippen molar-refractivity contribution in [3.63, 3.8) is 0 Å². The summed E-state index contributed by atoms with van der Waals surface area (Å²) in [6, 6.07) is 0. The molecule has 7 heteroatoms. The van der Waals surface area contributed by atoms with Crippen LogP contribution in [0.1, 0.15) is 11.6 Å². The molecule has 12 heavy (non-hydrogen) atoms. The van der Waals surface area contributed by atoms with Gasteiger partial charge in [0.25, 0.3) is 0 Å². The Kier molecular flexibility index (Phi) is 2.41. The molecule has 68 valence electrons. The second kappa shape index (κ2) is 3.04. The summed E-state index contributed by atoms with van der Waals surface area (Å²) in [5.41, 5.74) is 0. The van der Waals surface area contributed by atoms with Gasteiger partial charge in [-0.2, -0.15) is 18.3 Å². The molecule has 1 aromatic rings. The molecule has 0 radical (unpaired) electrons. The second-order valence-corrected chi connectivity index (χ2v) is 2.67. The van der Waals surface area contributed by atoms with Gasteiger partial charge in [0.2, 0.25) is 5.82 Å². The largest absolute Gasteiger partial charge is 0.451 e. The number of alkyl halides is 4. The van der Waals surface area contributed by atoms with Crippen molar-refractivity contribution in [2.24, 2.45) is 7.05 Å². The summed E-state index contributed by atoms with van der Waals surface area (Å²) in [5, 5.41) is 3.75. The fourth-order valence-corrected chi connectivity index (χ4v) is 0.978. The molecule has 0 aliphatic heterocycles. The van der Waals surface area contributed by atoms with Crippen LogP contribution in [-0.2, 0) is 18.6 Å². The Morgan fingerprint density at radius 2 is 2.08 bits per heavy atom. The smallest absolute Gasteiger partial charge is 0.245 e. The summed E-state index contributed by atoms with van der Waals surface area (Å²) >= 11 is 2.97. The van der Waals surface area contributed by atoms with Crippen LogP contribution in [0.25, 0.3) is 0 Å². The minimum atomic E-state index is -4.43. The first-order valence-corrected chi connectivity index (χ1v) is 4.10. The highest BCUT2D eigenvalue weighted by atomic mass is 79.9. The van der Waals surface area contributed by atoms with E-state index in [0.717, 1.165) is 4.68 Å². The molecule has 0 bridgehead atoms. The van der Waals surface area contributed by atoms with Crippen molar-refractivity contribution < 1.29 is 13.2 Å². The van der Waals surface area contributed by atoms with Crippen molar-refractivity contribution in [1.82, 2.24) is 14.8 Å². The lowest BCUT2D eigenvalue weighted by molar-refractivity contribution is -0.147. The maximum absolute atomic E-state index is 12.1. The van der Waals surface area contributed by atoms with Gasteiger partial charge >= 0.3 is 6.18 Å². The zero-order valence-corrected chi connectivity index (χ0v) is 7.65.